The predicted octanol–water partition coefficient (Wildman–Crippen LogP) is 2.59. The summed E-state index contributed by atoms with van der Waals surface area (Å²) in [6.07, 6.45) is 3.15. The van der Waals surface area contributed by atoms with Crippen molar-refractivity contribution in [3.8, 4) is 0 Å². The van der Waals surface area contributed by atoms with Gasteiger partial charge in [0, 0.05) is 11.0 Å². The van der Waals surface area contributed by atoms with E-state index >= 15 is 0 Å². The van der Waals surface area contributed by atoms with Gasteiger partial charge in [-0.05, 0) is 13.0 Å². The zero-order valence-corrected chi connectivity index (χ0v) is 14.8. The molecule has 1 N–H and O–H groups in total. The molecule has 0 spiro atoms. The fourth-order valence-corrected chi connectivity index (χ4v) is 2.64. The molecule has 3 aromatic heterocycles. The Morgan fingerprint density at radius 1 is 1.23 bits per heavy atom. The zero-order chi connectivity index (χ0) is 19.1. The summed E-state index contributed by atoms with van der Waals surface area (Å²) < 4.78 is 29.3. The van der Waals surface area contributed by atoms with Gasteiger partial charge < -0.3 is 5.32 Å². The minimum atomic E-state index is -0.903. The molecule has 1 unspecified atom stereocenters. The van der Waals surface area contributed by atoms with Crippen molar-refractivity contribution in [2.24, 2.45) is 0 Å². The molecule has 0 aliphatic heterocycles. The lowest BCUT2D eigenvalue weighted by molar-refractivity contribution is 0.0933. The molecule has 136 valence electrons. The van der Waals surface area contributed by atoms with Crippen molar-refractivity contribution < 1.29 is 13.6 Å². The molecule has 0 aliphatic rings. The lowest BCUT2D eigenvalue weighted by Gasteiger charge is -2.20. The number of hydrogen-bond donors (Lipinski definition) is 1. The minimum Gasteiger partial charge on any atom is -0.344 e. The second-order valence-corrected chi connectivity index (χ2v) is 6.96. The highest BCUT2D eigenvalue weighted by molar-refractivity contribution is 5.93. The number of halogens is 2. The summed E-state index contributed by atoms with van der Waals surface area (Å²) in [7, 11) is 0. The van der Waals surface area contributed by atoms with Gasteiger partial charge in [0.2, 0.25) is 0 Å². The number of nitrogens with zero attached hydrogens (tertiary/aromatic N) is 5. The summed E-state index contributed by atoms with van der Waals surface area (Å²) >= 11 is 0. The Balaban J connectivity index is 1.95. The van der Waals surface area contributed by atoms with E-state index in [1.807, 2.05) is 20.8 Å². The van der Waals surface area contributed by atoms with Gasteiger partial charge in [0.15, 0.2) is 0 Å². The third kappa shape index (κ3) is 3.24. The Kier molecular flexibility index (Phi) is 4.39. The van der Waals surface area contributed by atoms with Crippen LogP contribution in [0.2, 0.25) is 0 Å². The van der Waals surface area contributed by atoms with Crippen LogP contribution in [-0.2, 0) is 5.41 Å². The normalized spacial score (nSPS) is 13.0. The van der Waals surface area contributed by atoms with E-state index in [1.54, 1.807) is 10.6 Å². The van der Waals surface area contributed by atoms with Gasteiger partial charge in [-0.2, -0.15) is 10.1 Å². The van der Waals surface area contributed by atoms with Crippen LogP contribution in [0.4, 0.5) is 8.78 Å². The SMILES string of the molecule is CC(NC(=O)c1cc(C(C)(C)C)n2ncnc2n1)c1c(F)cncc1F. The second kappa shape index (κ2) is 6.40. The number of nitrogens with one attached hydrogen (secondary N) is 1. The van der Waals surface area contributed by atoms with Crippen LogP contribution < -0.4 is 5.32 Å². The molecule has 0 bridgehead atoms. The van der Waals surface area contributed by atoms with Crippen molar-refractivity contribution in [3.63, 3.8) is 0 Å². The topological polar surface area (TPSA) is 85.1 Å². The summed E-state index contributed by atoms with van der Waals surface area (Å²) in [5.74, 6) is -1.94. The molecular weight excluding hydrogens is 342 g/mol. The quantitative estimate of drug-likeness (QED) is 0.776. The number of aromatic nitrogens is 5. The number of carbonyl (C=O) groups excluding carboxylic acids is 1. The van der Waals surface area contributed by atoms with E-state index in [0.717, 1.165) is 18.1 Å². The van der Waals surface area contributed by atoms with Gasteiger partial charge in [-0.25, -0.2) is 18.3 Å². The fraction of sp³-hybridized carbons (Fsp3) is 0.353. The first-order valence-corrected chi connectivity index (χ1v) is 7.99. The first-order chi connectivity index (χ1) is 12.2. The molecule has 0 saturated heterocycles. The largest absolute Gasteiger partial charge is 0.344 e. The number of hydrogen-bond acceptors (Lipinski definition) is 5. The maximum atomic E-state index is 13.8. The van der Waals surface area contributed by atoms with Crippen molar-refractivity contribution in [3.05, 3.63) is 53.4 Å². The Labute approximate surface area is 148 Å². The number of fused-ring (bicyclic) bond motifs is 1. The van der Waals surface area contributed by atoms with Gasteiger partial charge in [-0.3, -0.25) is 9.78 Å². The molecule has 3 rings (SSSR count). The predicted molar refractivity (Wildman–Crippen MR) is 89.5 cm³/mol. The smallest absolute Gasteiger partial charge is 0.270 e. The van der Waals surface area contributed by atoms with E-state index in [1.165, 1.54) is 13.3 Å². The molecule has 3 aromatic rings. The Morgan fingerprint density at radius 3 is 2.50 bits per heavy atom. The summed E-state index contributed by atoms with van der Waals surface area (Å²) in [6.45, 7) is 7.39. The minimum absolute atomic E-state index is 0.0946. The van der Waals surface area contributed by atoms with Crippen molar-refractivity contribution in [1.29, 1.82) is 0 Å². The molecule has 0 radical (unpaired) electrons. The molecule has 0 aromatic carbocycles. The van der Waals surface area contributed by atoms with E-state index in [0.29, 0.717) is 0 Å². The number of rotatable bonds is 3. The highest BCUT2D eigenvalue weighted by Crippen LogP contribution is 2.23. The summed E-state index contributed by atoms with van der Waals surface area (Å²) in [6, 6.07) is 0.697. The first-order valence-electron chi connectivity index (χ1n) is 7.99. The van der Waals surface area contributed by atoms with Crippen LogP contribution in [0.1, 0.15) is 55.5 Å². The Morgan fingerprint density at radius 2 is 1.88 bits per heavy atom. The van der Waals surface area contributed by atoms with Gasteiger partial charge >= 0.3 is 0 Å². The van der Waals surface area contributed by atoms with Gasteiger partial charge in [0.25, 0.3) is 11.7 Å². The fourth-order valence-electron chi connectivity index (χ4n) is 2.64. The average molecular weight is 360 g/mol. The molecule has 7 nitrogen and oxygen atoms in total. The molecule has 9 heteroatoms. The van der Waals surface area contributed by atoms with Crippen LogP contribution in [-0.4, -0.2) is 30.5 Å². The lowest BCUT2D eigenvalue weighted by atomic mass is 9.91. The summed E-state index contributed by atoms with van der Waals surface area (Å²) in [4.78, 5) is 24.3. The molecule has 0 saturated carbocycles. The van der Waals surface area contributed by atoms with Crippen LogP contribution in [0, 0.1) is 11.6 Å². The number of carbonyl (C=O) groups is 1. The standard InChI is InChI=1S/C17H18F2N6O/c1-9(14-10(18)6-20-7-11(14)19)23-15(26)12-5-13(17(2,3)4)25-16(24-12)21-8-22-25/h5-9H,1-4H3,(H,23,26). The monoisotopic (exact) mass is 360 g/mol. The summed E-state index contributed by atoms with van der Waals surface area (Å²) in [5, 5.41) is 6.69. The lowest BCUT2D eigenvalue weighted by Crippen LogP contribution is -2.30. The number of amides is 1. The van der Waals surface area contributed by atoms with Crippen LogP contribution >= 0.6 is 0 Å². The third-order valence-electron chi connectivity index (χ3n) is 3.92. The van der Waals surface area contributed by atoms with E-state index in [9.17, 15) is 13.6 Å². The van der Waals surface area contributed by atoms with E-state index in [-0.39, 0.29) is 22.5 Å². The Bertz CT molecular complexity index is 959. The van der Waals surface area contributed by atoms with E-state index in [4.69, 9.17) is 0 Å². The van der Waals surface area contributed by atoms with Gasteiger partial charge in [0.05, 0.1) is 24.1 Å². The first kappa shape index (κ1) is 17.8. The molecule has 26 heavy (non-hydrogen) atoms. The van der Waals surface area contributed by atoms with Gasteiger partial charge in [-0.1, -0.05) is 20.8 Å². The van der Waals surface area contributed by atoms with Crippen LogP contribution in [0.15, 0.2) is 24.8 Å². The zero-order valence-electron chi connectivity index (χ0n) is 14.8. The van der Waals surface area contributed by atoms with Crippen molar-refractivity contribution in [1.82, 2.24) is 29.9 Å². The highest BCUT2D eigenvalue weighted by Gasteiger charge is 2.24. The molecule has 1 atom stereocenters. The highest BCUT2D eigenvalue weighted by atomic mass is 19.1. The average Bonchev–Trinajstić information content (AvgIpc) is 3.00. The molecule has 3 heterocycles. The van der Waals surface area contributed by atoms with Crippen LogP contribution in [0.5, 0.6) is 0 Å². The second-order valence-electron chi connectivity index (χ2n) is 6.96. The number of pyridine rings is 1. The third-order valence-corrected chi connectivity index (χ3v) is 3.92. The molecular formula is C17H18F2N6O. The van der Waals surface area contributed by atoms with Crippen LogP contribution in [0.3, 0.4) is 0 Å². The van der Waals surface area contributed by atoms with E-state index in [2.05, 4.69) is 25.4 Å². The van der Waals surface area contributed by atoms with Crippen molar-refractivity contribution in [2.45, 2.75) is 39.2 Å². The van der Waals surface area contributed by atoms with Crippen molar-refractivity contribution >= 4 is 11.7 Å². The molecule has 0 fully saturated rings. The van der Waals surface area contributed by atoms with Crippen molar-refractivity contribution in [2.75, 3.05) is 0 Å². The molecule has 1 amide bonds. The van der Waals surface area contributed by atoms with Gasteiger partial charge in [0.1, 0.15) is 23.7 Å². The Hall–Kier alpha value is -2.97. The molecule has 0 aliphatic carbocycles. The maximum Gasteiger partial charge on any atom is 0.270 e. The van der Waals surface area contributed by atoms with Crippen LogP contribution in [0.25, 0.3) is 5.78 Å². The van der Waals surface area contributed by atoms with E-state index < -0.39 is 23.6 Å². The van der Waals surface area contributed by atoms with Gasteiger partial charge in [-0.15, -0.1) is 0 Å². The summed E-state index contributed by atoms with van der Waals surface area (Å²) in [5.41, 5.74) is 0.253. The maximum absolute atomic E-state index is 13.8.